The zero-order chi connectivity index (χ0) is 14.5. The molecule has 0 amide bonds. The number of rotatable bonds is 6. The van der Waals surface area contributed by atoms with Crippen molar-refractivity contribution in [2.75, 3.05) is 20.3 Å². The first-order chi connectivity index (χ1) is 9.61. The van der Waals surface area contributed by atoms with Crippen LogP contribution in [0.25, 0.3) is 0 Å². The first kappa shape index (κ1) is 14.8. The summed E-state index contributed by atoms with van der Waals surface area (Å²) in [6, 6.07) is 4.71. The van der Waals surface area contributed by atoms with Gasteiger partial charge in [-0.05, 0) is 37.0 Å². The molecule has 2 N–H and O–H groups in total. The Hall–Kier alpha value is -1.59. The van der Waals surface area contributed by atoms with Crippen molar-refractivity contribution in [3.63, 3.8) is 0 Å². The lowest BCUT2D eigenvalue weighted by Crippen LogP contribution is -2.34. The van der Waals surface area contributed by atoms with Gasteiger partial charge in [-0.25, -0.2) is 0 Å². The Bertz CT molecular complexity index is 469. The van der Waals surface area contributed by atoms with Gasteiger partial charge in [0, 0.05) is 13.2 Å². The maximum Gasteiger partial charge on any atom is 0.325 e. The summed E-state index contributed by atoms with van der Waals surface area (Å²) < 4.78 is 10.7. The van der Waals surface area contributed by atoms with Crippen molar-refractivity contribution in [1.82, 2.24) is 5.32 Å². The number of carboxylic acid groups (broad SMARTS) is 1. The number of aryl methyl sites for hydroxylation is 1. The fourth-order valence-corrected chi connectivity index (χ4v) is 2.48. The molecule has 0 spiro atoms. The number of nitrogens with one attached hydrogen (secondary N) is 1. The van der Waals surface area contributed by atoms with Crippen molar-refractivity contribution in [3.05, 3.63) is 29.3 Å². The van der Waals surface area contributed by atoms with Crippen molar-refractivity contribution in [2.24, 2.45) is 0 Å². The van der Waals surface area contributed by atoms with Gasteiger partial charge in [-0.1, -0.05) is 12.1 Å². The van der Waals surface area contributed by atoms with E-state index in [9.17, 15) is 9.90 Å². The Morgan fingerprint density at radius 2 is 2.40 bits per heavy atom. The Morgan fingerprint density at radius 3 is 2.95 bits per heavy atom. The number of ether oxygens (including phenoxy) is 2. The van der Waals surface area contributed by atoms with Crippen LogP contribution in [0.5, 0.6) is 5.75 Å². The van der Waals surface area contributed by atoms with Gasteiger partial charge >= 0.3 is 5.97 Å². The van der Waals surface area contributed by atoms with E-state index < -0.39 is 12.0 Å². The van der Waals surface area contributed by atoms with Gasteiger partial charge in [-0.2, -0.15) is 0 Å². The van der Waals surface area contributed by atoms with Crippen molar-refractivity contribution < 1.29 is 19.4 Å². The predicted molar refractivity (Wildman–Crippen MR) is 75.1 cm³/mol. The molecule has 5 nitrogen and oxygen atoms in total. The molecule has 20 heavy (non-hydrogen) atoms. The fraction of sp³-hybridized carbons (Fsp3) is 0.533. The van der Waals surface area contributed by atoms with Crippen LogP contribution in [0.4, 0.5) is 0 Å². The van der Waals surface area contributed by atoms with Crippen LogP contribution in [-0.2, 0) is 9.53 Å². The van der Waals surface area contributed by atoms with Gasteiger partial charge in [0.2, 0.25) is 0 Å². The summed E-state index contributed by atoms with van der Waals surface area (Å²) in [4.78, 5) is 11.4. The number of carboxylic acids is 1. The monoisotopic (exact) mass is 279 g/mol. The van der Waals surface area contributed by atoms with E-state index >= 15 is 0 Å². The molecule has 0 aliphatic carbocycles. The van der Waals surface area contributed by atoms with E-state index in [2.05, 4.69) is 5.32 Å². The number of benzene rings is 1. The van der Waals surface area contributed by atoms with Crippen LogP contribution in [0, 0.1) is 6.92 Å². The van der Waals surface area contributed by atoms with Crippen LogP contribution in [0.1, 0.15) is 30.0 Å². The van der Waals surface area contributed by atoms with E-state index in [0.717, 1.165) is 36.3 Å². The molecule has 1 aliphatic heterocycles. The highest BCUT2D eigenvalue weighted by atomic mass is 16.5. The van der Waals surface area contributed by atoms with Crippen LogP contribution >= 0.6 is 0 Å². The van der Waals surface area contributed by atoms with Gasteiger partial charge in [0.15, 0.2) is 0 Å². The van der Waals surface area contributed by atoms with Gasteiger partial charge in [0.25, 0.3) is 0 Å². The number of aliphatic carboxylic acids is 1. The van der Waals surface area contributed by atoms with E-state index in [-0.39, 0.29) is 6.10 Å². The number of carbonyl (C=O) groups is 1. The average Bonchev–Trinajstić information content (AvgIpc) is 2.92. The van der Waals surface area contributed by atoms with E-state index in [1.54, 1.807) is 19.2 Å². The smallest absolute Gasteiger partial charge is 0.325 e. The molecule has 1 aromatic carbocycles. The molecule has 1 aromatic rings. The molecule has 1 aliphatic rings. The third-order valence-corrected chi connectivity index (χ3v) is 3.57. The zero-order valence-corrected chi connectivity index (χ0v) is 11.9. The third kappa shape index (κ3) is 3.49. The van der Waals surface area contributed by atoms with E-state index in [0.29, 0.717) is 6.54 Å². The van der Waals surface area contributed by atoms with Crippen LogP contribution < -0.4 is 10.1 Å². The number of methoxy groups -OCH3 is 1. The molecule has 1 fully saturated rings. The molecule has 5 heteroatoms. The summed E-state index contributed by atoms with van der Waals surface area (Å²) in [5, 5.41) is 12.5. The molecule has 0 radical (unpaired) electrons. The molecule has 0 bridgehead atoms. The zero-order valence-electron chi connectivity index (χ0n) is 11.9. The minimum Gasteiger partial charge on any atom is -0.496 e. The van der Waals surface area contributed by atoms with E-state index in [1.807, 2.05) is 13.0 Å². The Labute approximate surface area is 118 Å². The first-order valence-electron chi connectivity index (χ1n) is 6.84. The van der Waals surface area contributed by atoms with Crippen LogP contribution in [0.3, 0.4) is 0 Å². The van der Waals surface area contributed by atoms with E-state index in [1.165, 1.54) is 0 Å². The van der Waals surface area contributed by atoms with Crippen LogP contribution in [-0.4, -0.2) is 37.4 Å². The normalized spacial score (nSPS) is 19.8. The molecule has 1 heterocycles. The summed E-state index contributed by atoms with van der Waals surface area (Å²) in [5.74, 6) is -0.121. The largest absolute Gasteiger partial charge is 0.496 e. The first-order valence-corrected chi connectivity index (χ1v) is 6.84. The highest BCUT2D eigenvalue weighted by Crippen LogP contribution is 2.23. The number of hydrogen-bond acceptors (Lipinski definition) is 4. The quantitative estimate of drug-likeness (QED) is 0.832. The van der Waals surface area contributed by atoms with Crippen molar-refractivity contribution in [2.45, 2.75) is 31.9 Å². The minimum atomic E-state index is -0.882. The maximum atomic E-state index is 11.4. The molecule has 2 atom stereocenters. The summed E-state index contributed by atoms with van der Waals surface area (Å²) in [6.07, 6.45) is 2.16. The lowest BCUT2D eigenvalue weighted by molar-refractivity contribution is -0.139. The lowest BCUT2D eigenvalue weighted by Gasteiger charge is -2.18. The summed E-state index contributed by atoms with van der Waals surface area (Å²) >= 11 is 0. The topological polar surface area (TPSA) is 67.8 Å². The average molecular weight is 279 g/mol. The lowest BCUT2D eigenvalue weighted by atomic mass is 10.0. The standard InChI is InChI=1S/C15H21NO4/c1-10-8-11(5-6-13(10)19-2)14(15(17)18)16-9-12-4-3-7-20-12/h5-6,8,12,14,16H,3-4,7,9H2,1-2H3,(H,17,18). The van der Waals surface area contributed by atoms with E-state index in [4.69, 9.17) is 9.47 Å². The van der Waals surface area contributed by atoms with Crippen LogP contribution in [0.2, 0.25) is 0 Å². The summed E-state index contributed by atoms with van der Waals surface area (Å²) in [5.41, 5.74) is 1.66. The molecule has 110 valence electrons. The minimum absolute atomic E-state index is 0.121. The fourth-order valence-electron chi connectivity index (χ4n) is 2.48. The maximum absolute atomic E-state index is 11.4. The Balaban J connectivity index is 2.07. The second-order valence-corrected chi connectivity index (χ2v) is 5.04. The van der Waals surface area contributed by atoms with Gasteiger partial charge in [-0.15, -0.1) is 0 Å². The Morgan fingerprint density at radius 1 is 1.60 bits per heavy atom. The third-order valence-electron chi connectivity index (χ3n) is 3.57. The summed E-state index contributed by atoms with van der Waals surface area (Å²) in [7, 11) is 1.60. The molecular weight excluding hydrogens is 258 g/mol. The highest BCUT2D eigenvalue weighted by molar-refractivity contribution is 5.75. The second-order valence-electron chi connectivity index (χ2n) is 5.04. The SMILES string of the molecule is COc1ccc(C(NCC2CCCO2)C(=O)O)cc1C. The van der Waals surface area contributed by atoms with Gasteiger partial charge < -0.3 is 14.6 Å². The van der Waals surface area contributed by atoms with Crippen molar-refractivity contribution in [1.29, 1.82) is 0 Å². The molecule has 0 saturated carbocycles. The molecule has 0 aromatic heterocycles. The molecular formula is C15H21NO4. The summed E-state index contributed by atoms with van der Waals surface area (Å²) in [6.45, 7) is 3.23. The second kappa shape index (κ2) is 6.72. The highest BCUT2D eigenvalue weighted by Gasteiger charge is 2.23. The van der Waals surface area contributed by atoms with Gasteiger partial charge in [0.05, 0.1) is 13.2 Å². The van der Waals surface area contributed by atoms with Gasteiger partial charge in [-0.3, -0.25) is 10.1 Å². The van der Waals surface area contributed by atoms with Crippen molar-refractivity contribution in [3.8, 4) is 5.75 Å². The molecule has 2 unspecified atom stereocenters. The van der Waals surface area contributed by atoms with Crippen molar-refractivity contribution >= 4 is 5.97 Å². The number of hydrogen-bond donors (Lipinski definition) is 2. The Kier molecular flexibility index (Phi) is 4.98. The predicted octanol–water partition coefficient (Wildman–Crippen LogP) is 1.90. The van der Waals surface area contributed by atoms with Crippen LogP contribution in [0.15, 0.2) is 18.2 Å². The molecule has 2 rings (SSSR count). The molecule has 1 saturated heterocycles. The van der Waals surface area contributed by atoms with Gasteiger partial charge in [0.1, 0.15) is 11.8 Å².